The van der Waals surface area contributed by atoms with Gasteiger partial charge in [-0.25, -0.2) is 0 Å². The second-order valence-corrected chi connectivity index (χ2v) is 6.06. The molecule has 0 N–H and O–H groups in total. The van der Waals surface area contributed by atoms with E-state index >= 15 is 0 Å². The van der Waals surface area contributed by atoms with Crippen LogP contribution in [0.5, 0.6) is 5.75 Å². The second-order valence-electron chi connectivity index (χ2n) is 6.06. The Balaban J connectivity index is 1.80. The van der Waals surface area contributed by atoms with Crippen molar-refractivity contribution in [2.45, 2.75) is 38.5 Å². The molecule has 2 atom stereocenters. The summed E-state index contributed by atoms with van der Waals surface area (Å²) in [6, 6.07) is 17.5. The lowest BCUT2D eigenvalue weighted by atomic mass is 9.86. The zero-order valence-electron chi connectivity index (χ0n) is 13.0. The van der Waals surface area contributed by atoms with Crippen LogP contribution in [0.2, 0.25) is 0 Å². The number of benzene rings is 2. The molecular weight excluding hydrogens is 256 g/mol. The third-order valence-electron chi connectivity index (χ3n) is 4.95. The number of rotatable bonds is 4. The SMILES string of the molecule is CCC1CCCC1c1ccc(-c2ccc(OC)cc2)cc1. The van der Waals surface area contributed by atoms with Gasteiger partial charge in [0.15, 0.2) is 0 Å². The van der Waals surface area contributed by atoms with Crippen LogP contribution >= 0.6 is 0 Å². The maximum absolute atomic E-state index is 5.22. The predicted octanol–water partition coefficient (Wildman–Crippen LogP) is 5.66. The molecule has 1 saturated carbocycles. The zero-order valence-corrected chi connectivity index (χ0v) is 13.0. The monoisotopic (exact) mass is 280 g/mol. The minimum Gasteiger partial charge on any atom is -0.497 e. The largest absolute Gasteiger partial charge is 0.497 e. The first-order valence-electron chi connectivity index (χ1n) is 8.06. The van der Waals surface area contributed by atoms with Gasteiger partial charge in [0.1, 0.15) is 5.75 Å². The molecule has 0 heterocycles. The van der Waals surface area contributed by atoms with E-state index in [1.807, 2.05) is 12.1 Å². The molecule has 0 radical (unpaired) electrons. The molecule has 1 aliphatic carbocycles. The van der Waals surface area contributed by atoms with Crippen LogP contribution in [-0.2, 0) is 0 Å². The third-order valence-corrected chi connectivity index (χ3v) is 4.95. The van der Waals surface area contributed by atoms with Crippen molar-refractivity contribution in [3.63, 3.8) is 0 Å². The Morgan fingerprint density at radius 2 is 1.52 bits per heavy atom. The van der Waals surface area contributed by atoms with Crippen LogP contribution in [-0.4, -0.2) is 7.11 Å². The van der Waals surface area contributed by atoms with E-state index in [1.54, 1.807) is 7.11 Å². The van der Waals surface area contributed by atoms with Crippen LogP contribution < -0.4 is 4.74 Å². The Labute approximate surface area is 128 Å². The van der Waals surface area contributed by atoms with Gasteiger partial charge in [-0.1, -0.05) is 56.2 Å². The molecule has 2 unspecified atom stereocenters. The molecule has 0 aliphatic heterocycles. The number of hydrogen-bond donors (Lipinski definition) is 0. The van der Waals surface area contributed by atoms with Crippen LogP contribution in [0.4, 0.5) is 0 Å². The zero-order chi connectivity index (χ0) is 14.7. The number of ether oxygens (including phenoxy) is 1. The lowest BCUT2D eigenvalue weighted by Gasteiger charge is -2.18. The van der Waals surface area contributed by atoms with E-state index in [9.17, 15) is 0 Å². The predicted molar refractivity (Wildman–Crippen MR) is 88.8 cm³/mol. The van der Waals surface area contributed by atoms with Gasteiger partial charge < -0.3 is 4.74 Å². The van der Waals surface area contributed by atoms with Crippen molar-refractivity contribution in [2.24, 2.45) is 5.92 Å². The molecule has 0 saturated heterocycles. The Kier molecular flexibility index (Phi) is 4.28. The van der Waals surface area contributed by atoms with Gasteiger partial charge >= 0.3 is 0 Å². The van der Waals surface area contributed by atoms with Crippen LogP contribution in [0.1, 0.15) is 44.1 Å². The summed E-state index contributed by atoms with van der Waals surface area (Å²) in [7, 11) is 1.70. The van der Waals surface area contributed by atoms with Gasteiger partial charge in [0.05, 0.1) is 7.11 Å². The quantitative estimate of drug-likeness (QED) is 0.702. The fraction of sp³-hybridized carbons (Fsp3) is 0.400. The molecule has 110 valence electrons. The highest BCUT2D eigenvalue weighted by molar-refractivity contribution is 5.64. The summed E-state index contributed by atoms with van der Waals surface area (Å²) >= 11 is 0. The van der Waals surface area contributed by atoms with E-state index in [1.165, 1.54) is 42.4 Å². The Bertz CT molecular complexity index is 568. The highest BCUT2D eigenvalue weighted by Crippen LogP contribution is 2.41. The smallest absolute Gasteiger partial charge is 0.118 e. The van der Waals surface area contributed by atoms with Gasteiger partial charge in [-0.2, -0.15) is 0 Å². The highest BCUT2D eigenvalue weighted by Gasteiger charge is 2.26. The first-order valence-corrected chi connectivity index (χ1v) is 8.06. The first-order chi connectivity index (χ1) is 10.3. The summed E-state index contributed by atoms with van der Waals surface area (Å²) in [4.78, 5) is 0. The molecule has 0 aromatic heterocycles. The summed E-state index contributed by atoms with van der Waals surface area (Å²) in [5.41, 5.74) is 4.06. The summed E-state index contributed by atoms with van der Waals surface area (Å²) in [5, 5.41) is 0. The van der Waals surface area contributed by atoms with Crippen LogP contribution in [0.3, 0.4) is 0 Å². The summed E-state index contributed by atoms with van der Waals surface area (Å²) < 4.78 is 5.22. The van der Waals surface area contributed by atoms with Crippen LogP contribution in [0.15, 0.2) is 48.5 Å². The van der Waals surface area contributed by atoms with E-state index in [-0.39, 0.29) is 0 Å². The second kappa shape index (κ2) is 6.34. The molecule has 0 bridgehead atoms. The van der Waals surface area contributed by atoms with E-state index in [0.717, 1.165) is 17.6 Å². The molecule has 1 heteroatoms. The molecule has 1 nitrogen and oxygen atoms in total. The standard InChI is InChI=1S/C20H24O/c1-3-15-5-4-6-20(15)18-9-7-16(8-10-18)17-11-13-19(21-2)14-12-17/h7-15,20H,3-6H2,1-2H3. The van der Waals surface area contributed by atoms with E-state index in [4.69, 9.17) is 4.74 Å². The third kappa shape index (κ3) is 2.97. The average Bonchev–Trinajstić information content (AvgIpc) is 3.04. The molecule has 0 amide bonds. The van der Waals surface area contributed by atoms with Crippen molar-refractivity contribution in [1.29, 1.82) is 0 Å². The molecule has 0 spiro atoms. The van der Waals surface area contributed by atoms with Gasteiger partial charge in [0, 0.05) is 0 Å². The lowest BCUT2D eigenvalue weighted by molar-refractivity contribution is 0.415. The summed E-state index contributed by atoms with van der Waals surface area (Å²) in [6.07, 6.45) is 5.47. The minimum absolute atomic E-state index is 0.778. The fourth-order valence-corrected chi connectivity index (χ4v) is 3.67. The summed E-state index contributed by atoms with van der Waals surface area (Å²) in [6.45, 7) is 2.33. The first kappa shape index (κ1) is 14.2. The van der Waals surface area contributed by atoms with Gasteiger partial charge in [-0.05, 0) is 53.5 Å². The Morgan fingerprint density at radius 1 is 0.905 bits per heavy atom. The van der Waals surface area contributed by atoms with E-state index in [2.05, 4.69) is 43.3 Å². The van der Waals surface area contributed by atoms with E-state index in [0.29, 0.717) is 0 Å². The Morgan fingerprint density at radius 3 is 2.10 bits per heavy atom. The maximum Gasteiger partial charge on any atom is 0.118 e. The minimum atomic E-state index is 0.778. The van der Waals surface area contributed by atoms with Gasteiger partial charge in [-0.15, -0.1) is 0 Å². The lowest BCUT2D eigenvalue weighted by Crippen LogP contribution is -2.04. The fourth-order valence-electron chi connectivity index (χ4n) is 3.67. The van der Waals surface area contributed by atoms with Gasteiger partial charge in [-0.3, -0.25) is 0 Å². The average molecular weight is 280 g/mol. The molecule has 1 fully saturated rings. The molecule has 21 heavy (non-hydrogen) atoms. The van der Waals surface area contributed by atoms with Crippen molar-refractivity contribution in [2.75, 3.05) is 7.11 Å². The van der Waals surface area contributed by atoms with Crippen molar-refractivity contribution in [3.8, 4) is 16.9 Å². The molecule has 2 aromatic carbocycles. The van der Waals surface area contributed by atoms with Crippen molar-refractivity contribution in [1.82, 2.24) is 0 Å². The van der Waals surface area contributed by atoms with Crippen molar-refractivity contribution in [3.05, 3.63) is 54.1 Å². The van der Waals surface area contributed by atoms with Crippen molar-refractivity contribution >= 4 is 0 Å². The normalized spacial score (nSPS) is 21.4. The van der Waals surface area contributed by atoms with E-state index < -0.39 is 0 Å². The van der Waals surface area contributed by atoms with Gasteiger partial charge in [0.2, 0.25) is 0 Å². The van der Waals surface area contributed by atoms with Gasteiger partial charge in [0.25, 0.3) is 0 Å². The number of hydrogen-bond acceptors (Lipinski definition) is 1. The Hall–Kier alpha value is -1.76. The summed E-state index contributed by atoms with van der Waals surface area (Å²) in [5.74, 6) is 2.57. The molecule has 3 rings (SSSR count). The number of methoxy groups -OCH3 is 1. The highest BCUT2D eigenvalue weighted by atomic mass is 16.5. The van der Waals surface area contributed by atoms with Crippen LogP contribution in [0, 0.1) is 5.92 Å². The van der Waals surface area contributed by atoms with Crippen molar-refractivity contribution < 1.29 is 4.74 Å². The van der Waals surface area contributed by atoms with Crippen LogP contribution in [0.25, 0.3) is 11.1 Å². The topological polar surface area (TPSA) is 9.23 Å². The molecule has 1 aliphatic rings. The molecular formula is C20H24O. The molecule has 2 aromatic rings. The maximum atomic E-state index is 5.22.